The summed E-state index contributed by atoms with van der Waals surface area (Å²) in [6.07, 6.45) is 5.53. The third-order valence-corrected chi connectivity index (χ3v) is 8.01. The number of carbonyl (C=O) groups is 1. The first kappa shape index (κ1) is 21.0. The molecule has 0 saturated heterocycles. The van der Waals surface area contributed by atoms with Gasteiger partial charge < -0.3 is 4.57 Å². The van der Waals surface area contributed by atoms with Crippen molar-refractivity contribution in [1.82, 2.24) is 4.57 Å². The van der Waals surface area contributed by atoms with Crippen LogP contribution < -0.4 is 4.80 Å². The standard InChI is InChI=1S/C22H22N2O3S2/c1-6-11-24-19-13-15(4)12-16(5)20(19)28-22(24)23-21(25)17-7-9-18(10-8-17)29(26,27)14(2)3/h1,7-10,12-14H,11H2,2-5H3. The van der Waals surface area contributed by atoms with Crippen molar-refractivity contribution in [2.75, 3.05) is 0 Å². The molecule has 0 spiro atoms. The Morgan fingerprint density at radius 2 is 1.86 bits per heavy atom. The van der Waals surface area contributed by atoms with Crippen molar-refractivity contribution in [1.29, 1.82) is 0 Å². The van der Waals surface area contributed by atoms with Crippen LogP contribution in [-0.2, 0) is 16.4 Å². The Labute approximate surface area is 174 Å². The van der Waals surface area contributed by atoms with Gasteiger partial charge in [-0.15, -0.1) is 6.42 Å². The minimum absolute atomic E-state index is 0.194. The lowest BCUT2D eigenvalue weighted by atomic mass is 10.1. The molecule has 3 aromatic rings. The van der Waals surface area contributed by atoms with Crippen LogP contribution in [0.2, 0.25) is 0 Å². The lowest BCUT2D eigenvalue weighted by Gasteiger charge is -2.07. The minimum Gasteiger partial charge on any atom is -0.305 e. The second-order valence-corrected chi connectivity index (χ2v) is 10.6. The first-order chi connectivity index (χ1) is 13.6. The van der Waals surface area contributed by atoms with Gasteiger partial charge in [0, 0.05) is 5.56 Å². The van der Waals surface area contributed by atoms with E-state index >= 15 is 0 Å². The Bertz CT molecular complexity index is 1300. The smallest absolute Gasteiger partial charge is 0.279 e. The normalized spacial score (nSPS) is 12.5. The Hall–Kier alpha value is -2.69. The fourth-order valence-electron chi connectivity index (χ4n) is 3.05. The van der Waals surface area contributed by atoms with Crippen LogP contribution in [0.3, 0.4) is 0 Å². The molecule has 0 atom stereocenters. The number of benzene rings is 2. The van der Waals surface area contributed by atoms with E-state index in [0.29, 0.717) is 16.9 Å². The Morgan fingerprint density at radius 3 is 2.45 bits per heavy atom. The monoisotopic (exact) mass is 426 g/mol. The van der Waals surface area contributed by atoms with Gasteiger partial charge in [0.1, 0.15) is 0 Å². The Morgan fingerprint density at radius 1 is 1.21 bits per heavy atom. The molecule has 1 amide bonds. The number of aromatic nitrogens is 1. The number of hydrogen-bond donors (Lipinski definition) is 0. The molecular weight excluding hydrogens is 404 g/mol. The van der Waals surface area contributed by atoms with Crippen LogP contribution in [0.25, 0.3) is 10.2 Å². The van der Waals surface area contributed by atoms with Crippen LogP contribution in [0, 0.1) is 26.2 Å². The Balaban J connectivity index is 2.08. The van der Waals surface area contributed by atoms with Crippen molar-refractivity contribution in [3.05, 3.63) is 57.9 Å². The van der Waals surface area contributed by atoms with E-state index in [-0.39, 0.29) is 4.90 Å². The van der Waals surface area contributed by atoms with E-state index < -0.39 is 21.0 Å². The molecule has 0 fully saturated rings. The molecule has 1 aromatic heterocycles. The largest absolute Gasteiger partial charge is 0.305 e. The van der Waals surface area contributed by atoms with Crippen LogP contribution in [-0.4, -0.2) is 24.1 Å². The summed E-state index contributed by atoms with van der Waals surface area (Å²) in [4.78, 5) is 17.7. The number of amides is 1. The lowest BCUT2D eigenvalue weighted by Crippen LogP contribution is -2.17. The summed E-state index contributed by atoms with van der Waals surface area (Å²) in [5, 5.41) is -0.526. The number of sulfone groups is 1. The molecule has 2 aromatic carbocycles. The van der Waals surface area contributed by atoms with E-state index in [0.717, 1.165) is 21.3 Å². The van der Waals surface area contributed by atoms with E-state index in [1.54, 1.807) is 13.8 Å². The van der Waals surface area contributed by atoms with E-state index in [2.05, 4.69) is 17.0 Å². The topological polar surface area (TPSA) is 68.5 Å². The molecule has 5 nitrogen and oxygen atoms in total. The maximum absolute atomic E-state index is 12.7. The molecule has 0 unspecified atom stereocenters. The second-order valence-electron chi connectivity index (χ2n) is 7.14. The van der Waals surface area contributed by atoms with Gasteiger partial charge in [-0.05, 0) is 69.2 Å². The number of nitrogens with zero attached hydrogens (tertiary/aromatic N) is 2. The van der Waals surface area contributed by atoms with Gasteiger partial charge in [0.2, 0.25) is 0 Å². The summed E-state index contributed by atoms with van der Waals surface area (Å²) >= 11 is 1.42. The van der Waals surface area contributed by atoms with E-state index in [1.165, 1.54) is 35.6 Å². The van der Waals surface area contributed by atoms with Gasteiger partial charge in [-0.3, -0.25) is 4.79 Å². The molecule has 0 aliphatic rings. The average Bonchev–Trinajstić information content (AvgIpc) is 3.00. The highest BCUT2D eigenvalue weighted by molar-refractivity contribution is 7.92. The van der Waals surface area contributed by atoms with Crippen LogP contribution in [0.4, 0.5) is 0 Å². The van der Waals surface area contributed by atoms with Gasteiger partial charge in [-0.25, -0.2) is 8.42 Å². The lowest BCUT2D eigenvalue weighted by molar-refractivity contribution is 0.0998. The van der Waals surface area contributed by atoms with Crippen molar-refractivity contribution in [2.45, 2.75) is 44.4 Å². The zero-order valence-electron chi connectivity index (χ0n) is 16.8. The summed E-state index contributed by atoms with van der Waals surface area (Å²) in [7, 11) is -3.38. The molecule has 0 saturated carbocycles. The highest BCUT2D eigenvalue weighted by atomic mass is 32.2. The number of fused-ring (bicyclic) bond motifs is 1. The molecule has 0 bridgehead atoms. The third kappa shape index (κ3) is 4.04. The number of carbonyl (C=O) groups excluding carboxylic acids is 1. The number of hydrogen-bond acceptors (Lipinski definition) is 4. The van der Waals surface area contributed by atoms with Crippen LogP contribution in [0.1, 0.15) is 35.3 Å². The minimum atomic E-state index is -3.38. The molecular formula is C22H22N2O3S2. The number of terminal acetylenes is 1. The summed E-state index contributed by atoms with van der Waals surface area (Å²) in [5.74, 6) is 2.18. The van der Waals surface area contributed by atoms with E-state index in [1.807, 2.05) is 24.5 Å². The van der Waals surface area contributed by atoms with Crippen LogP contribution in [0.15, 0.2) is 46.3 Å². The van der Waals surface area contributed by atoms with Gasteiger partial charge >= 0.3 is 0 Å². The molecule has 29 heavy (non-hydrogen) atoms. The van der Waals surface area contributed by atoms with Gasteiger partial charge in [-0.1, -0.05) is 23.3 Å². The summed E-state index contributed by atoms with van der Waals surface area (Å²) < 4.78 is 27.4. The van der Waals surface area contributed by atoms with Crippen molar-refractivity contribution in [2.24, 2.45) is 4.99 Å². The molecule has 3 rings (SSSR count). The number of aryl methyl sites for hydroxylation is 2. The molecule has 0 N–H and O–H groups in total. The van der Waals surface area contributed by atoms with Crippen LogP contribution in [0.5, 0.6) is 0 Å². The zero-order valence-corrected chi connectivity index (χ0v) is 18.4. The van der Waals surface area contributed by atoms with Crippen molar-refractivity contribution < 1.29 is 13.2 Å². The van der Waals surface area contributed by atoms with Crippen molar-refractivity contribution in [3.8, 4) is 12.3 Å². The fraction of sp³-hybridized carbons (Fsp3) is 0.273. The zero-order chi connectivity index (χ0) is 21.3. The molecule has 1 heterocycles. The third-order valence-electron chi connectivity index (χ3n) is 4.61. The van der Waals surface area contributed by atoms with E-state index in [9.17, 15) is 13.2 Å². The predicted octanol–water partition coefficient (Wildman–Crippen LogP) is 3.88. The Kier molecular flexibility index (Phi) is 5.78. The molecule has 150 valence electrons. The molecule has 0 aliphatic carbocycles. The maximum Gasteiger partial charge on any atom is 0.279 e. The molecule has 0 radical (unpaired) electrons. The first-order valence-electron chi connectivity index (χ1n) is 9.12. The summed E-state index contributed by atoms with van der Waals surface area (Å²) in [6, 6.07) is 10.0. The van der Waals surface area contributed by atoms with E-state index in [4.69, 9.17) is 6.42 Å². The van der Waals surface area contributed by atoms with Crippen molar-refractivity contribution in [3.63, 3.8) is 0 Å². The van der Waals surface area contributed by atoms with Gasteiger partial charge in [0.15, 0.2) is 14.6 Å². The fourth-order valence-corrected chi connectivity index (χ4v) is 5.19. The second kappa shape index (κ2) is 7.97. The highest BCUT2D eigenvalue weighted by Crippen LogP contribution is 2.23. The van der Waals surface area contributed by atoms with Gasteiger partial charge in [0.05, 0.1) is 26.9 Å². The molecule has 7 heteroatoms. The van der Waals surface area contributed by atoms with Crippen molar-refractivity contribution >= 4 is 37.3 Å². The predicted molar refractivity (Wildman–Crippen MR) is 117 cm³/mol. The first-order valence-corrected chi connectivity index (χ1v) is 11.5. The number of rotatable bonds is 4. The van der Waals surface area contributed by atoms with Gasteiger partial charge in [-0.2, -0.15) is 4.99 Å². The average molecular weight is 427 g/mol. The maximum atomic E-state index is 12.7. The van der Waals surface area contributed by atoms with Crippen LogP contribution >= 0.6 is 11.3 Å². The molecule has 0 aliphatic heterocycles. The summed E-state index contributed by atoms with van der Waals surface area (Å²) in [5.41, 5.74) is 3.49. The number of thiazole rings is 1. The van der Waals surface area contributed by atoms with Gasteiger partial charge in [0.25, 0.3) is 5.91 Å². The quantitative estimate of drug-likeness (QED) is 0.595. The SMILES string of the molecule is C#CCn1c(=NC(=O)c2ccc(S(=O)(=O)C(C)C)cc2)sc2c(C)cc(C)cc21. The highest BCUT2D eigenvalue weighted by Gasteiger charge is 2.19. The summed E-state index contributed by atoms with van der Waals surface area (Å²) in [6.45, 7) is 7.59.